The van der Waals surface area contributed by atoms with Gasteiger partial charge in [-0.2, -0.15) is 0 Å². The molecule has 0 heterocycles. The van der Waals surface area contributed by atoms with Crippen LogP contribution in [0.15, 0.2) is 36.4 Å². The van der Waals surface area contributed by atoms with Gasteiger partial charge in [0.25, 0.3) is 0 Å². The van der Waals surface area contributed by atoms with Crippen LogP contribution in [0.2, 0.25) is 0 Å². The average molecular weight is 200 g/mol. The van der Waals surface area contributed by atoms with Gasteiger partial charge >= 0.3 is 0 Å². The van der Waals surface area contributed by atoms with Gasteiger partial charge in [-0.3, -0.25) is 4.79 Å². The zero-order valence-corrected chi connectivity index (χ0v) is 8.45. The number of nitrogen functional groups attached to an aromatic ring is 1. The van der Waals surface area contributed by atoms with Crippen LogP contribution in [0.3, 0.4) is 0 Å². The van der Waals surface area contributed by atoms with Gasteiger partial charge in [0, 0.05) is 29.1 Å². The minimum Gasteiger partial charge on any atom is -0.398 e. The van der Waals surface area contributed by atoms with Gasteiger partial charge in [-0.05, 0) is 12.1 Å². The molecule has 3 heteroatoms. The number of rotatable bonds is 1. The van der Waals surface area contributed by atoms with Gasteiger partial charge in [-0.25, -0.2) is 0 Å². The molecule has 2 aromatic rings. The van der Waals surface area contributed by atoms with Crippen LogP contribution >= 0.6 is 0 Å². The Morgan fingerprint density at radius 3 is 2.53 bits per heavy atom. The zero-order chi connectivity index (χ0) is 10.8. The standard InChI is InChI=1S/C12H12N2O/c1-8(15)14-12-7-3-4-9-10(12)5-2-6-11(9)13/h2-7H,13H2,1H3,(H,14,15). The van der Waals surface area contributed by atoms with Crippen LogP contribution in [0.25, 0.3) is 10.8 Å². The predicted octanol–water partition coefficient (Wildman–Crippen LogP) is 2.38. The molecule has 0 unspecified atom stereocenters. The number of anilines is 2. The summed E-state index contributed by atoms with van der Waals surface area (Å²) in [5.74, 6) is -0.0788. The van der Waals surface area contributed by atoms with Gasteiger partial charge in [-0.15, -0.1) is 0 Å². The van der Waals surface area contributed by atoms with Crippen LogP contribution in [0, 0.1) is 0 Å². The molecule has 0 aliphatic carbocycles. The van der Waals surface area contributed by atoms with Gasteiger partial charge in [-0.1, -0.05) is 24.3 Å². The van der Waals surface area contributed by atoms with Gasteiger partial charge < -0.3 is 11.1 Å². The predicted molar refractivity (Wildman–Crippen MR) is 62.7 cm³/mol. The third-order valence-electron chi connectivity index (χ3n) is 2.27. The maximum atomic E-state index is 11.0. The fraction of sp³-hybridized carbons (Fsp3) is 0.0833. The molecule has 0 radical (unpaired) electrons. The van der Waals surface area contributed by atoms with Crippen molar-refractivity contribution < 1.29 is 4.79 Å². The van der Waals surface area contributed by atoms with Crippen LogP contribution in [-0.4, -0.2) is 5.91 Å². The largest absolute Gasteiger partial charge is 0.398 e. The summed E-state index contributed by atoms with van der Waals surface area (Å²) in [7, 11) is 0. The summed E-state index contributed by atoms with van der Waals surface area (Å²) in [5, 5.41) is 4.71. The number of nitrogens with two attached hydrogens (primary N) is 1. The maximum absolute atomic E-state index is 11.0. The van der Waals surface area contributed by atoms with E-state index < -0.39 is 0 Å². The second-order valence-electron chi connectivity index (χ2n) is 3.43. The highest BCUT2D eigenvalue weighted by molar-refractivity contribution is 6.05. The SMILES string of the molecule is CC(=O)Nc1cccc2c(N)cccc12. The van der Waals surface area contributed by atoms with Crippen molar-refractivity contribution in [2.75, 3.05) is 11.1 Å². The summed E-state index contributed by atoms with van der Waals surface area (Å²) in [6.45, 7) is 1.49. The van der Waals surface area contributed by atoms with Crippen LogP contribution in [0.5, 0.6) is 0 Å². The Balaban J connectivity index is 2.65. The molecule has 0 saturated carbocycles. The van der Waals surface area contributed by atoms with Crippen molar-refractivity contribution in [3.63, 3.8) is 0 Å². The van der Waals surface area contributed by atoms with Crippen molar-refractivity contribution in [2.45, 2.75) is 6.92 Å². The van der Waals surface area contributed by atoms with E-state index in [0.29, 0.717) is 0 Å². The van der Waals surface area contributed by atoms with E-state index >= 15 is 0 Å². The highest BCUT2D eigenvalue weighted by Gasteiger charge is 2.03. The van der Waals surface area contributed by atoms with Crippen molar-refractivity contribution in [2.24, 2.45) is 0 Å². The Morgan fingerprint density at radius 1 is 1.13 bits per heavy atom. The normalized spacial score (nSPS) is 10.2. The lowest BCUT2D eigenvalue weighted by molar-refractivity contribution is -0.114. The third-order valence-corrected chi connectivity index (χ3v) is 2.27. The smallest absolute Gasteiger partial charge is 0.221 e. The first-order valence-corrected chi connectivity index (χ1v) is 4.73. The molecule has 0 bridgehead atoms. The maximum Gasteiger partial charge on any atom is 0.221 e. The van der Waals surface area contributed by atoms with Crippen molar-refractivity contribution in [1.29, 1.82) is 0 Å². The van der Waals surface area contributed by atoms with Crippen LogP contribution < -0.4 is 11.1 Å². The number of hydrogen-bond donors (Lipinski definition) is 2. The van der Waals surface area contributed by atoms with Crippen molar-refractivity contribution in [1.82, 2.24) is 0 Å². The van der Waals surface area contributed by atoms with E-state index in [0.717, 1.165) is 22.1 Å². The van der Waals surface area contributed by atoms with E-state index in [1.807, 2.05) is 36.4 Å². The van der Waals surface area contributed by atoms with Crippen LogP contribution in [0.1, 0.15) is 6.92 Å². The molecule has 3 N–H and O–H groups in total. The highest BCUT2D eigenvalue weighted by Crippen LogP contribution is 2.27. The van der Waals surface area contributed by atoms with E-state index in [9.17, 15) is 4.79 Å². The number of carbonyl (C=O) groups excluding carboxylic acids is 1. The lowest BCUT2D eigenvalue weighted by atomic mass is 10.1. The second kappa shape index (κ2) is 3.61. The Bertz CT molecular complexity index is 520. The minimum absolute atomic E-state index is 0.0788. The Morgan fingerprint density at radius 2 is 1.80 bits per heavy atom. The number of carbonyl (C=O) groups is 1. The molecule has 2 rings (SSSR count). The zero-order valence-electron chi connectivity index (χ0n) is 8.45. The van der Waals surface area contributed by atoms with E-state index in [1.165, 1.54) is 6.92 Å². The molecule has 1 amide bonds. The van der Waals surface area contributed by atoms with Crippen molar-refractivity contribution in [3.8, 4) is 0 Å². The van der Waals surface area contributed by atoms with E-state index in [-0.39, 0.29) is 5.91 Å². The Kier molecular flexibility index (Phi) is 2.29. The highest BCUT2D eigenvalue weighted by atomic mass is 16.1. The number of hydrogen-bond acceptors (Lipinski definition) is 2. The van der Waals surface area contributed by atoms with E-state index in [1.54, 1.807) is 0 Å². The molecule has 0 aliphatic heterocycles. The molecule has 76 valence electrons. The third kappa shape index (κ3) is 1.76. The van der Waals surface area contributed by atoms with Gasteiger partial charge in [0.15, 0.2) is 0 Å². The number of fused-ring (bicyclic) bond motifs is 1. The monoisotopic (exact) mass is 200 g/mol. The summed E-state index contributed by atoms with van der Waals surface area (Å²) in [4.78, 5) is 11.0. The number of amides is 1. The lowest BCUT2D eigenvalue weighted by Gasteiger charge is -2.08. The van der Waals surface area contributed by atoms with Crippen molar-refractivity contribution in [3.05, 3.63) is 36.4 Å². The van der Waals surface area contributed by atoms with Gasteiger partial charge in [0.05, 0.1) is 0 Å². The van der Waals surface area contributed by atoms with E-state index in [2.05, 4.69) is 5.32 Å². The number of benzene rings is 2. The summed E-state index contributed by atoms with van der Waals surface area (Å²) in [6, 6.07) is 11.4. The van der Waals surface area contributed by atoms with Crippen LogP contribution in [0.4, 0.5) is 11.4 Å². The molecular weight excluding hydrogens is 188 g/mol. The molecule has 0 spiro atoms. The molecule has 0 atom stereocenters. The second-order valence-corrected chi connectivity index (χ2v) is 3.43. The summed E-state index contributed by atoms with van der Waals surface area (Å²) >= 11 is 0. The Hall–Kier alpha value is -2.03. The molecule has 0 saturated heterocycles. The van der Waals surface area contributed by atoms with Crippen LogP contribution in [-0.2, 0) is 4.79 Å². The Labute approximate surface area is 87.9 Å². The fourth-order valence-corrected chi connectivity index (χ4v) is 1.63. The van der Waals surface area contributed by atoms with Crippen molar-refractivity contribution >= 4 is 28.1 Å². The summed E-state index contributed by atoms with van der Waals surface area (Å²) < 4.78 is 0. The molecule has 0 fully saturated rings. The molecule has 2 aromatic carbocycles. The van der Waals surface area contributed by atoms with Gasteiger partial charge in [0.2, 0.25) is 5.91 Å². The molecular formula is C12H12N2O. The quantitative estimate of drug-likeness (QED) is 0.694. The first-order chi connectivity index (χ1) is 7.18. The molecule has 0 aromatic heterocycles. The first kappa shape index (κ1) is 9.52. The molecule has 0 aliphatic rings. The average Bonchev–Trinajstić information content (AvgIpc) is 2.19. The number of nitrogens with one attached hydrogen (secondary N) is 1. The summed E-state index contributed by atoms with van der Waals surface area (Å²) in [5.41, 5.74) is 7.36. The summed E-state index contributed by atoms with van der Waals surface area (Å²) in [6.07, 6.45) is 0. The minimum atomic E-state index is -0.0788. The lowest BCUT2D eigenvalue weighted by Crippen LogP contribution is -2.06. The molecule has 15 heavy (non-hydrogen) atoms. The van der Waals surface area contributed by atoms with Gasteiger partial charge in [0.1, 0.15) is 0 Å². The topological polar surface area (TPSA) is 55.1 Å². The first-order valence-electron chi connectivity index (χ1n) is 4.73. The van der Waals surface area contributed by atoms with E-state index in [4.69, 9.17) is 5.73 Å². The fourth-order valence-electron chi connectivity index (χ4n) is 1.63. The molecule has 3 nitrogen and oxygen atoms in total.